The Morgan fingerprint density at radius 3 is 2.50 bits per heavy atom. The molecule has 0 spiro atoms. The highest BCUT2D eigenvalue weighted by Gasteiger charge is 2.42. The number of anilines is 1. The summed E-state index contributed by atoms with van der Waals surface area (Å²) < 4.78 is 1.44. The number of rotatable bonds is 5. The Hall–Kier alpha value is -3.58. The van der Waals surface area contributed by atoms with Crippen LogP contribution in [0.4, 0.5) is 5.95 Å². The molecule has 1 saturated carbocycles. The van der Waals surface area contributed by atoms with E-state index in [0.717, 1.165) is 12.8 Å². The van der Waals surface area contributed by atoms with Crippen molar-refractivity contribution in [3.05, 3.63) is 36.5 Å². The number of phenols is 1. The third-order valence-corrected chi connectivity index (χ3v) is 6.68. The normalized spacial score (nSPS) is 24.3. The van der Waals surface area contributed by atoms with Crippen molar-refractivity contribution in [1.82, 2.24) is 35.3 Å². The van der Waals surface area contributed by atoms with E-state index in [-0.39, 0.29) is 11.6 Å². The molecule has 32 heavy (non-hydrogen) atoms. The first-order valence-corrected chi connectivity index (χ1v) is 11.1. The van der Waals surface area contributed by atoms with Crippen LogP contribution >= 0.6 is 0 Å². The van der Waals surface area contributed by atoms with Gasteiger partial charge in [-0.2, -0.15) is 5.26 Å². The number of piperidine rings is 1. The van der Waals surface area contributed by atoms with Crippen molar-refractivity contribution in [2.24, 2.45) is 0 Å². The predicted octanol–water partition coefficient (Wildman–Crippen LogP) is 1.95. The second-order valence-corrected chi connectivity index (χ2v) is 8.87. The molecule has 1 aliphatic carbocycles. The number of nitriles is 1. The first-order chi connectivity index (χ1) is 15.7. The van der Waals surface area contributed by atoms with E-state index in [1.807, 2.05) is 6.07 Å². The number of benzene rings is 1. The minimum atomic E-state index is 0.0364. The summed E-state index contributed by atoms with van der Waals surface area (Å²) in [4.78, 5) is 10.9. The number of hydrogen-bond donors (Lipinski definition) is 2. The zero-order valence-corrected chi connectivity index (χ0v) is 17.5. The summed E-state index contributed by atoms with van der Waals surface area (Å²) in [7, 11) is 0. The third-order valence-electron chi connectivity index (χ3n) is 6.68. The zero-order valence-electron chi connectivity index (χ0n) is 17.5. The highest BCUT2D eigenvalue weighted by molar-refractivity contribution is 5.68. The maximum Gasteiger partial charge on any atom is 0.252 e. The van der Waals surface area contributed by atoms with Gasteiger partial charge in [-0.15, -0.1) is 15.3 Å². The average molecular weight is 429 g/mol. The Bertz CT molecular complexity index is 1170. The van der Waals surface area contributed by atoms with Crippen molar-refractivity contribution in [2.75, 3.05) is 4.90 Å². The standard InChI is InChI=1S/C22H23N9O/c23-10-21-25-12-30(29-21)16-5-6-18(20(32)9-16)19-11-24-22(28-27-19)31(15-3-4-15)17-7-13-1-2-14(8-17)26-13/h5-6,9,11-15,17,26,32H,1-4,7-8H2/t13-,14-/m0/s1. The topological polar surface area (TPSA) is 129 Å². The molecule has 3 aromatic rings. The third kappa shape index (κ3) is 3.44. The molecule has 0 radical (unpaired) electrons. The summed E-state index contributed by atoms with van der Waals surface area (Å²) >= 11 is 0. The molecule has 10 heteroatoms. The van der Waals surface area contributed by atoms with Crippen LogP contribution in [-0.4, -0.2) is 59.2 Å². The Morgan fingerprint density at radius 1 is 1.06 bits per heavy atom. The Labute approximate surface area is 184 Å². The van der Waals surface area contributed by atoms with Gasteiger partial charge in [0.15, 0.2) is 0 Å². The second kappa shape index (κ2) is 7.53. The predicted molar refractivity (Wildman–Crippen MR) is 115 cm³/mol. The van der Waals surface area contributed by atoms with Crippen molar-refractivity contribution < 1.29 is 5.11 Å². The van der Waals surface area contributed by atoms with E-state index in [1.165, 1.54) is 36.7 Å². The fourth-order valence-corrected chi connectivity index (χ4v) is 5.06. The number of aromatic nitrogens is 6. The molecule has 10 nitrogen and oxygen atoms in total. The highest BCUT2D eigenvalue weighted by atomic mass is 16.3. The molecule has 3 aliphatic rings. The largest absolute Gasteiger partial charge is 0.507 e. The molecular formula is C22H23N9O. The van der Waals surface area contributed by atoms with E-state index in [2.05, 4.69) is 35.5 Å². The number of fused-ring (bicyclic) bond motifs is 2. The van der Waals surface area contributed by atoms with E-state index < -0.39 is 0 Å². The van der Waals surface area contributed by atoms with Crippen molar-refractivity contribution in [2.45, 2.75) is 62.7 Å². The van der Waals surface area contributed by atoms with Gasteiger partial charge in [0, 0.05) is 35.8 Å². The van der Waals surface area contributed by atoms with Gasteiger partial charge >= 0.3 is 0 Å². The van der Waals surface area contributed by atoms with Crippen LogP contribution in [0.3, 0.4) is 0 Å². The van der Waals surface area contributed by atoms with Gasteiger partial charge in [0.2, 0.25) is 5.95 Å². The lowest BCUT2D eigenvalue weighted by molar-refractivity contribution is 0.342. The lowest BCUT2D eigenvalue weighted by atomic mass is 9.98. The molecule has 0 amide bonds. The molecule has 2 saturated heterocycles. The quantitative estimate of drug-likeness (QED) is 0.625. The van der Waals surface area contributed by atoms with Gasteiger partial charge in [0.25, 0.3) is 5.82 Å². The summed E-state index contributed by atoms with van der Waals surface area (Å²) in [5, 5.41) is 36.1. The molecule has 2 aliphatic heterocycles. The maximum absolute atomic E-state index is 10.6. The van der Waals surface area contributed by atoms with Crippen LogP contribution in [0.5, 0.6) is 5.75 Å². The molecular weight excluding hydrogens is 406 g/mol. The number of phenolic OH excluding ortho intramolecular Hbond substituents is 1. The summed E-state index contributed by atoms with van der Waals surface area (Å²) in [6.07, 6.45) is 10.3. The minimum absolute atomic E-state index is 0.0364. The van der Waals surface area contributed by atoms with Crippen molar-refractivity contribution in [3.8, 4) is 28.8 Å². The van der Waals surface area contributed by atoms with Gasteiger partial charge in [-0.3, -0.25) is 0 Å². The Kier molecular flexibility index (Phi) is 4.50. The SMILES string of the molecule is N#Cc1ncn(-c2ccc(-c3cnc(N(C4CC4)C4C[C@@H]5CC[C@@H](C4)N5)nn3)c(O)c2)n1. The molecule has 2 bridgehead atoms. The summed E-state index contributed by atoms with van der Waals surface area (Å²) in [5.74, 6) is 0.792. The number of aromatic hydroxyl groups is 1. The Balaban J connectivity index is 1.24. The van der Waals surface area contributed by atoms with Gasteiger partial charge < -0.3 is 15.3 Å². The fourth-order valence-electron chi connectivity index (χ4n) is 5.06. The van der Waals surface area contributed by atoms with Crippen molar-refractivity contribution >= 4 is 5.95 Å². The molecule has 4 heterocycles. The number of hydrogen-bond acceptors (Lipinski definition) is 9. The van der Waals surface area contributed by atoms with Gasteiger partial charge in [-0.1, -0.05) is 0 Å². The molecule has 6 rings (SSSR count). The van der Waals surface area contributed by atoms with E-state index >= 15 is 0 Å². The number of nitrogens with one attached hydrogen (secondary N) is 1. The average Bonchev–Trinajstić information content (AvgIpc) is 3.41. The van der Waals surface area contributed by atoms with Crippen LogP contribution in [0.1, 0.15) is 44.3 Å². The Morgan fingerprint density at radius 2 is 1.88 bits per heavy atom. The summed E-state index contributed by atoms with van der Waals surface area (Å²) in [6.45, 7) is 0. The lowest BCUT2D eigenvalue weighted by Crippen LogP contribution is -2.49. The number of nitrogens with zero attached hydrogens (tertiary/aromatic N) is 8. The summed E-state index contributed by atoms with van der Waals surface area (Å²) in [6, 6.07) is 9.16. The monoisotopic (exact) mass is 429 g/mol. The van der Waals surface area contributed by atoms with Gasteiger partial charge in [0.05, 0.1) is 11.9 Å². The smallest absolute Gasteiger partial charge is 0.252 e. The van der Waals surface area contributed by atoms with Crippen molar-refractivity contribution in [1.29, 1.82) is 5.26 Å². The second-order valence-electron chi connectivity index (χ2n) is 8.87. The van der Waals surface area contributed by atoms with Gasteiger partial charge in [0.1, 0.15) is 23.8 Å². The molecule has 2 aromatic heterocycles. The van der Waals surface area contributed by atoms with E-state index in [1.54, 1.807) is 24.4 Å². The van der Waals surface area contributed by atoms with E-state index in [9.17, 15) is 5.11 Å². The van der Waals surface area contributed by atoms with Gasteiger partial charge in [-0.25, -0.2) is 14.6 Å². The molecule has 3 fully saturated rings. The lowest BCUT2D eigenvalue weighted by Gasteiger charge is -2.37. The van der Waals surface area contributed by atoms with Crippen LogP contribution in [0.15, 0.2) is 30.7 Å². The van der Waals surface area contributed by atoms with Crippen molar-refractivity contribution in [3.63, 3.8) is 0 Å². The fraction of sp³-hybridized carbons (Fsp3) is 0.455. The molecule has 2 atom stereocenters. The molecule has 1 aromatic carbocycles. The van der Waals surface area contributed by atoms with Crippen LogP contribution in [0.2, 0.25) is 0 Å². The van der Waals surface area contributed by atoms with Crippen LogP contribution in [0.25, 0.3) is 16.9 Å². The molecule has 2 N–H and O–H groups in total. The van der Waals surface area contributed by atoms with Crippen LogP contribution in [-0.2, 0) is 0 Å². The highest BCUT2D eigenvalue weighted by Crippen LogP contribution is 2.38. The van der Waals surface area contributed by atoms with Crippen LogP contribution in [0, 0.1) is 11.3 Å². The minimum Gasteiger partial charge on any atom is -0.507 e. The summed E-state index contributed by atoms with van der Waals surface area (Å²) in [5.41, 5.74) is 1.65. The zero-order chi connectivity index (χ0) is 21.7. The first kappa shape index (κ1) is 19.1. The van der Waals surface area contributed by atoms with E-state index in [4.69, 9.17) is 5.26 Å². The maximum atomic E-state index is 10.6. The van der Waals surface area contributed by atoms with Gasteiger partial charge in [-0.05, 0) is 50.7 Å². The van der Waals surface area contributed by atoms with Crippen LogP contribution < -0.4 is 10.2 Å². The van der Waals surface area contributed by atoms with E-state index in [0.29, 0.717) is 47.1 Å². The first-order valence-electron chi connectivity index (χ1n) is 11.1. The molecule has 0 unspecified atom stereocenters. The molecule has 162 valence electrons.